The van der Waals surface area contributed by atoms with E-state index in [9.17, 15) is 4.79 Å². The summed E-state index contributed by atoms with van der Waals surface area (Å²) in [5, 5.41) is 8.62. The Morgan fingerprint density at radius 1 is 1.16 bits per heavy atom. The molecule has 0 radical (unpaired) electrons. The molecule has 10 heteroatoms. The standard InChI is InChI=1S/C22H20ClN7OS/c1-22(2)18-17(20(31)30(22)12-13-5-4-6-14(23)11-13)28-19(32-18)15-7-9-24-21(26-15)27-16-8-10-25-29(16)3/h4-11H,12H2,1-3H3,(H,24,26,27). The summed E-state index contributed by atoms with van der Waals surface area (Å²) in [5.74, 6) is 1.13. The fourth-order valence-electron chi connectivity index (χ4n) is 3.73. The second kappa shape index (κ2) is 7.68. The number of carbonyl (C=O) groups excluding carboxylic acids is 1. The number of rotatable bonds is 5. The zero-order valence-corrected chi connectivity index (χ0v) is 19.3. The van der Waals surface area contributed by atoms with Gasteiger partial charge in [-0.3, -0.25) is 9.48 Å². The molecule has 0 bridgehead atoms. The van der Waals surface area contributed by atoms with Gasteiger partial charge in [0.05, 0.1) is 16.6 Å². The average Bonchev–Trinajstić information content (AvgIpc) is 3.42. The molecule has 0 atom stereocenters. The smallest absolute Gasteiger partial charge is 0.274 e. The van der Waals surface area contributed by atoms with Crippen LogP contribution < -0.4 is 5.32 Å². The van der Waals surface area contributed by atoms with Crippen molar-refractivity contribution in [1.82, 2.24) is 29.6 Å². The lowest BCUT2D eigenvalue weighted by molar-refractivity contribution is 0.0595. The Kier molecular flexibility index (Phi) is 4.94. The predicted octanol–water partition coefficient (Wildman–Crippen LogP) is 4.62. The number of hydrogen-bond acceptors (Lipinski definition) is 7. The van der Waals surface area contributed by atoms with Crippen LogP contribution in [0.3, 0.4) is 0 Å². The van der Waals surface area contributed by atoms with E-state index in [1.807, 2.05) is 56.1 Å². The van der Waals surface area contributed by atoms with E-state index in [-0.39, 0.29) is 5.91 Å². The zero-order valence-electron chi connectivity index (χ0n) is 17.7. The maximum absolute atomic E-state index is 13.2. The molecule has 3 aromatic heterocycles. The van der Waals surface area contributed by atoms with Gasteiger partial charge in [0.15, 0.2) is 0 Å². The van der Waals surface area contributed by atoms with Crippen molar-refractivity contribution in [2.75, 3.05) is 5.32 Å². The van der Waals surface area contributed by atoms with E-state index in [4.69, 9.17) is 11.6 Å². The number of aromatic nitrogens is 5. The molecule has 0 saturated carbocycles. The van der Waals surface area contributed by atoms with Gasteiger partial charge in [-0.15, -0.1) is 11.3 Å². The van der Waals surface area contributed by atoms with E-state index < -0.39 is 5.54 Å². The molecule has 4 aromatic rings. The summed E-state index contributed by atoms with van der Waals surface area (Å²) in [4.78, 5) is 29.5. The molecule has 0 aliphatic carbocycles. The number of aryl methyl sites for hydroxylation is 1. The first-order valence-corrected chi connectivity index (χ1v) is 11.2. The van der Waals surface area contributed by atoms with Gasteiger partial charge in [-0.25, -0.2) is 15.0 Å². The van der Waals surface area contributed by atoms with Gasteiger partial charge in [0, 0.05) is 30.9 Å². The number of nitrogens with zero attached hydrogens (tertiary/aromatic N) is 6. The number of carbonyl (C=O) groups is 1. The largest absolute Gasteiger partial charge is 0.323 e. The number of halogens is 1. The minimum atomic E-state index is -0.493. The van der Waals surface area contributed by atoms with Crippen LogP contribution in [0.5, 0.6) is 0 Å². The minimum absolute atomic E-state index is 0.0882. The van der Waals surface area contributed by atoms with Crippen molar-refractivity contribution in [2.24, 2.45) is 7.05 Å². The minimum Gasteiger partial charge on any atom is -0.323 e. The Bertz CT molecular complexity index is 1330. The molecule has 5 rings (SSSR count). The first kappa shape index (κ1) is 20.6. The van der Waals surface area contributed by atoms with Gasteiger partial charge in [-0.1, -0.05) is 23.7 Å². The summed E-state index contributed by atoms with van der Waals surface area (Å²) in [6, 6.07) is 11.2. The second-order valence-corrected chi connectivity index (χ2v) is 9.44. The number of nitrogens with one attached hydrogen (secondary N) is 1. The summed E-state index contributed by atoms with van der Waals surface area (Å²) >= 11 is 7.61. The van der Waals surface area contributed by atoms with Crippen LogP contribution in [0.1, 0.15) is 34.8 Å². The number of anilines is 2. The van der Waals surface area contributed by atoms with Gasteiger partial charge in [-0.2, -0.15) is 5.10 Å². The molecule has 162 valence electrons. The maximum atomic E-state index is 13.2. The number of fused-ring (bicyclic) bond motifs is 1. The van der Waals surface area contributed by atoms with Crippen LogP contribution in [-0.2, 0) is 19.1 Å². The number of amides is 1. The molecule has 32 heavy (non-hydrogen) atoms. The Morgan fingerprint density at radius 3 is 2.72 bits per heavy atom. The molecule has 0 fully saturated rings. The lowest BCUT2D eigenvalue weighted by Gasteiger charge is -2.32. The van der Waals surface area contributed by atoms with Crippen molar-refractivity contribution >= 4 is 40.6 Å². The summed E-state index contributed by atoms with van der Waals surface area (Å²) in [7, 11) is 1.83. The van der Waals surface area contributed by atoms with Crippen LogP contribution in [0.4, 0.5) is 11.8 Å². The summed E-state index contributed by atoms with van der Waals surface area (Å²) in [6.45, 7) is 4.55. The molecule has 1 amide bonds. The van der Waals surface area contributed by atoms with Crippen molar-refractivity contribution < 1.29 is 4.79 Å². The summed E-state index contributed by atoms with van der Waals surface area (Å²) in [6.07, 6.45) is 3.37. The van der Waals surface area contributed by atoms with Crippen molar-refractivity contribution in [3.63, 3.8) is 0 Å². The second-order valence-electron chi connectivity index (χ2n) is 8.01. The van der Waals surface area contributed by atoms with Gasteiger partial charge < -0.3 is 10.2 Å². The van der Waals surface area contributed by atoms with Crippen molar-refractivity contribution in [3.8, 4) is 10.7 Å². The zero-order chi connectivity index (χ0) is 22.5. The van der Waals surface area contributed by atoms with Gasteiger partial charge in [0.25, 0.3) is 5.91 Å². The van der Waals surface area contributed by atoms with E-state index in [0.29, 0.717) is 33.9 Å². The van der Waals surface area contributed by atoms with Gasteiger partial charge in [0.2, 0.25) is 5.95 Å². The number of hydrogen-bond donors (Lipinski definition) is 1. The fourth-order valence-corrected chi connectivity index (χ4v) is 5.08. The van der Waals surface area contributed by atoms with Crippen molar-refractivity contribution in [3.05, 3.63) is 69.9 Å². The number of benzene rings is 1. The lowest BCUT2D eigenvalue weighted by atomic mass is 10.0. The first-order valence-electron chi connectivity index (χ1n) is 9.99. The van der Waals surface area contributed by atoms with Crippen LogP contribution >= 0.6 is 22.9 Å². The number of thiazole rings is 1. The van der Waals surface area contributed by atoms with Crippen LogP contribution in [0, 0.1) is 0 Å². The predicted molar refractivity (Wildman–Crippen MR) is 124 cm³/mol. The molecule has 0 saturated heterocycles. The summed E-state index contributed by atoms with van der Waals surface area (Å²) < 4.78 is 1.70. The van der Waals surface area contributed by atoms with E-state index in [2.05, 4.69) is 25.4 Å². The maximum Gasteiger partial charge on any atom is 0.274 e. The SMILES string of the molecule is Cn1nccc1Nc1nccc(-c2nc3c(s2)C(C)(C)N(Cc2cccc(Cl)c2)C3=O)n1. The van der Waals surface area contributed by atoms with Crippen LogP contribution in [-0.4, -0.2) is 35.5 Å². The molecule has 4 heterocycles. The molecular weight excluding hydrogens is 446 g/mol. The van der Waals surface area contributed by atoms with Gasteiger partial charge in [0.1, 0.15) is 22.2 Å². The monoisotopic (exact) mass is 465 g/mol. The quantitative estimate of drug-likeness (QED) is 0.462. The Balaban J connectivity index is 1.43. The topological polar surface area (TPSA) is 88.8 Å². The highest BCUT2D eigenvalue weighted by Crippen LogP contribution is 2.44. The molecule has 1 aliphatic rings. The van der Waals surface area contributed by atoms with Crippen molar-refractivity contribution in [1.29, 1.82) is 0 Å². The molecular formula is C22H20ClN7OS. The highest BCUT2D eigenvalue weighted by molar-refractivity contribution is 7.15. The van der Waals surface area contributed by atoms with Crippen LogP contribution in [0.25, 0.3) is 10.7 Å². The third kappa shape index (κ3) is 3.53. The van der Waals surface area contributed by atoms with E-state index in [1.54, 1.807) is 23.1 Å². The molecule has 1 aromatic carbocycles. The van der Waals surface area contributed by atoms with Crippen molar-refractivity contribution in [2.45, 2.75) is 25.9 Å². The lowest BCUT2D eigenvalue weighted by Crippen LogP contribution is -2.38. The molecule has 8 nitrogen and oxygen atoms in total. The molecule has 0 spiro atoms. The Morgan fingerprint density at radius 2 is 2.00 bits per heavy atom. The van der Waals surface area contributed by atoms with Crippen LogP contribution in [0.15, 0.2) is 48.8 Å². The highest BCUT2D eigenvalue weighted by Gasteiger charge is 2.46. The Labute approximate surface area is 193 Å². The summed E-state index contributed by atoms with van der Waals surface area (Å²) in [5.41, 5.74) is 1.63. The third-order valence-electron chi connectivity index (χ3n) is 5.47. The van der Waals surface area contributed by atoms with Crippen LogP contribution in [0.2, 0.25) is 5.02 Å². The average molecular weight is 466 g/mol. The molecule has 0 unspecified atom stereocenters. The normalized spacial score (nSPS) is 14.6. The van der Waals surface area contributed by atoms with Gasteiger partial charge >= 0.3 is 0 Å². The molecule has 1 aliphatic heterocycles. The van der Waals surface area contributed by atoms with E-state index in [0.717, 1.165) is 16.3 Å². The Hall–Kier alpha value is -3.30. The fraction of sp³-hybridized carbons (Fsp3) is 0.227. The first-order chi connectivity index (χ1) is 15.3. The highest BCUT2D eigenvalue weighted by atomic mass is 35.5. The van der Waals surface area contributed by atoms with Gasteiger partial charge in [-0.05, 0) is 37.6 Å². The van der Waals surface area contributed by atoms with E-state index in [1.165, 1.54) is 11.3 Å². The molecule has 1 N–H and O–H groups in total. The third-order valence-corrected chi connectivity index (χ3v) is 7.10. The van der Waals surface area contributed by atoms with E-state index >= 15 is 0 Å².